The summed E-state index contributed by atoms with van der Waals surface area (Å²) >= 11 is 0. The monoisotopic (exact) mass is 450 g/mol. The van der Waals surface area contributed by atoms with Gasteiger partial charge in [-0.25, -0.2) is 13.2 Å². The maximum absolute atomic E-state index is 14.8. The zero-order valence-electron chi connectivity index (χ0n) is 19.6. The van der Waals surface area contributed by atoms with Crippen molar-refractivity contribution in [3.05, 3.63) is 82.2 Å². The van der Waals surface area contributed by atoms with Crippen LogP contribution in [-0.4, -0.2) is 0 Å². The van der Waals surface area contributed by atoms with Gasteiger partial charge >= 0.3 is 0 Å². The van der Waals surface area contributed by atoms with Crippen LogP contribution >= 0.6 is 0 Å². The molecule has 4 atom stereocenters. The first kappa shape index (κ1) is 23.7. The Kier molecular flexibility index (Phi) is 7.63. The lowest BCUT2D eigenvalue weighted by atomic mass is 9.63. The van der Waals surface area contributed by atoms with Crippen LogP contribution in [0.25, 0.3) is 0 Å². The molecule has 4 rings (SSSR count). The average Bonchev–Trinajstić information content (AvgIpc) is 2.81. The van der Waals surface area contributed by atoms with Crippen molar-refractivity contribution in [2.45, 2.75) is 71.1 Å². The Morgan fingerprint density at radius 2 is 1.61 bits per heavy atom. The lowest BCUT2D eigenvalue weighted by Gasteiger charge is -2.42. The van der Waals surface area contributed by atoms with Gasteiger partial charge in [-0.1, -0.05) is 36.5 Å². The molecule has 0 heterocycles. The lowest BCUT2D eigenvalue weighted by molar-refractivity contribution is 0.115. The van der Waals surface area contributed by atoms with Crippen molar-refractivity contribution in [2.24, 2.45) is 17.8 Å². The lowest BCUT2D eigenvalue weighted by Crippen LogP contribution is -2.30. The predicted molar refractivity (Wildman–Crippen MR) is 128 cm³/mol. The second-order valence-electron chi connectivity index (χ2n) is 9.91. The van der Waals surface area contributed by atoms with Crippen LogP contribution in [0.1, 0.15) is 86.5 Å². The minimum absolute atomic E-state index is 0.0343. The summed E-state index contributed by atoms with van der Waals surface area (Å²) in [6.07, 6.45) is 14.4. The molecule has 0 aliphatic heterocycles. The van der Waals surface area contributed by atoms with Gasteiger partial charge in [0.1, 0.15) is 17.5 Å². The van der Waals surface area contributed by atoms with Gasteiger partial charge in [-0.05, 0) is 112 Å². The van der Waals surface area contributed by atoms with Crippen molar-refractivity contribution in [1.82, 2.24) is 0 Å². The van der Waals surface area contributed by atoms with E-state index in [-0.39, 0.29) is 22.5 Å². The maximum Gasteiger partial charge on any atom is 0.139 e. The topological polar surface area (TPSA) is 0 Å². The summed E-state index contributed by atoms with van der Waals surface area (Å²) in [5, 5.41) is 0. The Balaban J connectivity index is 1.40. The number of fused-ring (bicyclic) bond motifs is 1. The predicted octanol–water partition coefficient (Wildman–Crippen LogP) is 8.47. The third-order valence-corrected chi connectivity index (χ3v) is 7.79. The highest BCUT2D eigenvalue weighted by Gasteiger charge is 2.35. The van der Waals surface area contributed by atoms with Crippen LogP contribution in [0.2, 0.25) is 0 Å². The molecular formula is C30H33F3. The molecule has 0 saturated heterocycles. The van der Waals surface area contributed by atoms with Crippen molar-refractivity contribution in [3.63, 3.8) is 0 Å². The molecule has 0 spiro atoms. The summed E-state index contributed by atoms with van der Waals surface area (Å²) in [7, 11) is 0. The first-order valence-electron chi connectivity index (χ1n) is 12.3. The fraction of sp³-hybridized carbons (Fsp3) is 0.467. The molecule has 0 amide bonds. The molecule has 2 saturated carbocycles. The Hall–Kier alpha value is -2.47. The Morgan fingerprint density at radius 1 is 0.879 bits per heavy atom. The second kappa shape index (κ2) is 10.6. The van der Waals surface area contributed by atoms with Gasteiger partial charge in [-0.2, -0.15) is 0 Å². The molecule has 0 bridgehead atoms. The van der Waals surface area contributed by atoms with E-state index in [0.717, 1.165) is 36.2 Å². The van der Waals surface area contributed by atoms with Crippen LogP contribution in [-0.2, 0) is 0 Å². The molecule has 0 nitrogen and oxygen atoms in total. The minimum atomic E-state index is -0.641. The van der Waals surface area contributed by atoms with Crippen LogP contribution in [0.3, 0.4) is 0 Å². The molecule has 2 aliphatic rings. The highest BCUT2D eigenvalue weighted by Crippen LogP contribution is 2.48. The van der Waals surface area contributed by atoms with Gasteiger partial charge in [0.25, 0.3) is 0 Å². The van der Waals surface area contributed by atoms with E-state index >= 15 is 0 Å². The molecule has 174 valence electrons. The summed E-state index contributed by atoms with van der Waals surface area (Å²) in [6, 6.07) is 7.69. The Labute approximate surface area is 196 Å². The van der Waals surface area contributed by atoms with Crippen LogP contribution in [0, 0.1) is 54.0 Å². The first-order chi connectivity index (χ1) is 15.9. The normalized spacial score (nSPS) is 24.9. The molecule has 2 aromatic carbocycles. The fourth-order valence-electron chi connectivity index (χ4n) is 5.79. The van der Waals surface area contributed by atoms with Crippen LogP contribution in [0.5, 0.6) is 0 Å². The van der Waals surface area contributed by atoms with E-state index in [1.165, 1.54) is 57.6 Å². The summed E-state index contributed by atoms with van der Waals surface area (Å²) in [5.41, 5.74) is 1.49. The quantitative estimate of drug-likeness (QED) is 0.324. The van der Waals surface area contributed by atoms with Crippen LogP contribution in [0.4, 0.5) is 13.2 Å². The fourth-order valence-corrected chi connectivity index (χ4v) is 5.79. The zero-order valence-corrected chi connectivity index (χ0v) is 19.6. The van der Waals surface area contributed by atoms with Crippen LogP contribution in [0.15, 0.2) is 42.5 Å². The molecule has 0 radical (unpaired) electrons. The average molecular weight is 451 g/mol. The Bertz CT molecular complexity index is 1050. The number of benzene rings is 2. The van der Waals surface area contributed by atoms with E-state index in [9.17, 15) is 13.2 Å². The van der Waals surface area contributed by atoms with Crippen molar-refractivity contribution >= 4 is 0 Å². The third kappa shape index (κ3) is 5.72. The molecular weight excluding hydrogens is 417 g/mol. The van der Waals surface area contributed by atoms with E-state index in [1.807, 2.05) is 6.07 Å². The largest absolute Gasteiger partial charge is 0.207 e. The van der Waals surface area contributed by atoms with Crippen molar-refractivity contribution in [2.75, 3.05) is 0 Å². The third-order valence-electron chi connectivity index (χ3n) is 7.79. The standard InChI is InChI=1S/C30H33F3/c1-3-4-5-6-21-7-10-25-18-26(14-13-24(25)15-21)27-12-11-23(30(33)19-27)9-8-22-16-28(31)20(2)29(32)17-22/h3-4,11-12,16-17,19,21,24-26H,5-7,10,13-15,18H2,1-2H3/b4-3+. The molecule has 3 heteroatoms. The summed E-state index contributed by atoms with van der Waals surface area (Å²) in [4.78, 5) is 0. The van der Waals surface area contributed by atoms with Gasteiger partial charge in [-0.15, -0.1) is 0 Å². The van der Waals surface area contributed by atoms with E-state index in [1.54, 1.807) is 12.1 Å². The van der Waals surface area contributed by atoms with Gasteiger partial charge in [0, 0.05) is 11.1 Å². The van der Waals surface area contributed by atoms with Gasteiger partial charge < -0.3 is 0 Å². The number of rotatable bonds is 4. The summed E-state index contributed by atoms with van der Waals surface area (Å²) in [6.45, 7) is 3.47. The van der Waals surface area contributed by atoms with Gasteiger partial charge in [0.15, 0.2) is 0 Å². The second-order valence-corrected chi connectivity index (χ2v) is 9.91. The molecule has 0 N–H and O–H groups in total. The van der Waals surface area contributed by atoms with Crippen molar-refractivity contribution in [3.8, 4) is 11.8 Å². The molecule has 0 aromatic heterocycles. The molecule has 4 unspecified atom stereocenters. The van der Waals surface area contributed by atoms with Gasteiger partial charge in [-0.3, -0.25) is 0 Å². The molecule has 2 aromatic rings. The number of hydrogen-bond acceptors (Lipinski definition) is 0. The van der Waals surface area contributed by atoms with Gasteiger partial charge in [0.05, 0.1) is 5.56 Å². The molecule has 33 heavy (non-hydrogen) atoms. The van der Waals surface area contributed by atoms with Crippen LogP contribution < -0.4 is 0 Å². The SMILES string of the molecule is C/C=C/CCC1CCC2CC(c3ccc(C#Cc4cc(F)c(C)c(F)c4)c(F)c3)CCC2C1. The van der Waals surface area contributed by atoms with E-state index in [0.29, 0.717) is 5.92 Å². The molecule has 2 aliphatic carbocycles. The number of hydrogen-bond donors (Lipinski definition) is 0. The minimum Gasteiger partial charge on any atom is -0.207 e. The van der Waals surface area contributed by atoms with E-state index in [2.05, 4.69) is 30.9 Å². The molecule has 2 fully saturated rings. The summed E-state index contributed by atoms with van der Waals surface area (Å²) in [5.74, 6) is 6.66. The first-order valence-corrected chi connectivity index (χ1v) is 12.3. The highest BCUT2D eigenvalue weighted by molar-refractivity contribution is 5.45. The summed E-state index contributed by atoms with van der Waals surface area (Å²) < 4.78 is 42.3. The Morgan fingerprint density at radius 3 is 2.33 bits per heavy atom. The van der Waals surface area contributed by atoms with E-state index in [4.69, 9.17) is 0 Å². The van der Waals surface area contributed by atoms with Crippen molar-refractivity contribution in [1.29, 1.82) is 0 Å². The smallest absolute Gasteiger partial charge is 0.139 e. The maximum atomic E-state index is 14.8. The highest BCUT2D eigenvalue weighted by atomic mass is 19.1. The number of halogens is 3. The van der Waals surface area contributed by atoms with E-state index < -0.39 is 11.6 Å². The van der Waals surface area contributed by atoms with Crippen molar-refractivity contribution < 1.29 is 13.2 Å². The number of allylic oxidation sites excluding steroid dienone is 2. The zero-order chi connectivity index (χ0) is 23.4. The van der Waals surface area contributed by atoms with Gasteiger partial charge in [0.2, 0.25) is 0 Å².